The summed E-state index contributed by atoms with van der Waals surface area (Å²) in [5.74, 6) is 0.483. The first kappa shape index (κ1) is 15.8. The van der Waals surface area contributed by atoms with Crippen LogP contribution in [0.15, 0.2) is 59.6 Å². The number of hydrogen-bond donors (Lipinski definition) is 1. The van der Waals surface area contributed by atoms with Crippen LogP contribution in [-0.2, 0) is 10.0 Å². The zero-order valence-electron chi connectivity index (χ0n) is 12.7. The Bertz CT molecular complexity index is 1040. The highest BCUT2D eigenvalue weighted by atomic mass is 32.2. The van der Waals surface area contributed by atoms with Gasteiger partial charge < -0.3 is 4.74 Å². The molecule has 24 heavy (non-hydrogen) atoms. The molecule has 1 N–H and O–H groups in total. The summed E-state index contributed by atoms with van der Waals surface area (Å²) in [6.07, 6.45) is 1.60. The molecule has 0 saturated heterocycles. The van der Waals surface area contributed by atoms with Crippen LogP contribution >= 0.6 is 0 Å². The second kappa shape index (κ2) is 6.18. The fourth-order valence-electron chi connectivity index (χ4n) is 2.29. The molecule has 3 aromatic rings. The average Bonchev–Trinajstić information content (AvgIpc) is 2.60. The van der Waals surface area contributed by atoms with Gasteiger partial charge in [-0.15, -0.1) is 0 Å². The SMILES string of the molecule is [C-]#[N+]c1ccc(S(=O)(=O)Nc2ccc3c(OC)nccc3c2)cc1. The Kier molecular flexibility index (Phi) is 4.06. The van der Waals surface area contributed by atoms with Gasteiger partial charge in [-0.05, 0) is 29.7 Å². The lowest BCUT2D eigenvalue weighted by Crippen LogP contribution is -2.12. The van der Waals surface area contributed by atoms with Crippen LogP contribution in [0, 0.1) is 6.57 Å². The third-order valence-corrected chi connectivity index (χ3v) is 4.85. The lowest BCUT2D eigenvalue weighted by molar-refractivity contribution is 0.403. The Morgan fingerprint density at radius 3 is 2.54 bits per heavy atom. The van der Waals surface area contributed by atoms with Gasteiger partial charge in [0, 0.05) is 17.3 Å². The fourth-order valence-corrected chi connectivity index (χ4v) is 3.34. The van der Waals surface area contributed by atoms with Gasteiger partial charge in [-0.3, -0.25) is 4.72 Å². The molecule has 0 fully saturated rings. The van der Waals surface area contributed by atoms with Crippen LogP contribution in [-0.4, -0.2) is 20.5 Å². The van der Waals surface area contributed by atoms with E-state index in [9.17, 15) is 8.42 Å². The maximum atomic E-state index is 12.4. The van der Waals surface area contributed by atoms with E-state index in [2.05, 4.69) is 14.6 Å². The molecule has 1 aromatic heterocycles. The molecule has 0 atom stereocenters. The molecule has 0 bridgehead atoms. The van der Waals surface area contributed by atoms with Gasteiger partial charge >= 0.3 is 0 Å². The Labute approximate surface area is 139 Å². The van der Waals surface area contributed by atoms with Crippen molar-refractivity contribution in [1.29, 1.82) is 0 Å². The molecule has 0 aliphatic heterocycles. The lowest BCUT2D eigenvalue weighted by atomic mass is 10.1. The van der Waals surface area contributed by atoms with Crippen LogP contribution in [0.2, 0.25) is 0 Å². The molecular weight excluding hydrogens is 326 g/mol. The van der Waals surface area contributed by atoms with Crippen molar-refractivity contribution in [2.45, 2.75) is 4.90 Å². The zero-order chi connectivity index (χ0) is 17.2. The monoisotopic (exact) mass is 339 g/mol. The number of fused-ring (bicyclic) bond motifs is 1. The predicted octanol–water partition coefficient (Wildman–Crippen LogP) is 3.59. The van der Waals surface area contributed by atoms with E-state index in [0.717, 1.165) is 10.8 Å². The zero-order valence-corrected chi connectivity index (χ0v) is 13.5. The summed E-state index contributed by atoms with van der Waals surface area (Å²) in [6, 6.07) is 12.6. The molecule has 1 heterocycles. The first-order valence-electron chi connectivity index (χ1n) is 6.96. The smallest absolute Gasteiger partial charge is 0.261 e. The molecule has 6 nitrogen and oxygen atoms in total. The molecule has 0 spiro atoms. The van der Waals surface area contributed by atoms with Gasteiger partial charge in [0.25, 0.3) is 10.0 Å². The van der Waals surface area contributed by atoms with Crippen molar-refractivity contribution >= 4 is 32.2 Å². The maximum absolute atomic E-state index is 12.4. The first-order chi connectivity index (χ1) is 11.5. The summed E-state index contributed by atoms with van der Waals surface area (Å²) in [6.45, 7) is 6.90. The number of ether oxygens (including phenoxy) is 1. The van der Waals surface area contributed by atoms with Crippen molar-refractivity contribution in [2.24, 2.45) is 0 Å². The summed E-state index contributed by atoms with van der Waals surface area (Å²) in [7, 11) is -2.19. The lowest BCUT2D eigenvalue weighted by Gasteiger charge is -2.10. The first-order valence-corrected chi connectivity index (χ1v) is 8.45. The Hall–Kier alpha value is -3.11. The quantitative estimate of drug-likeness (QED) is 0.737. The Balaban J connectivity index is 1.94. The summed E-state index contributed by atoms with van der Waals surface area (Å²) >= 11 is 0. The second-order valence-corrected chi connectivity index (χ2v) is 6.65. The standard InChI is InChI=1S/C17H13N3O3S/c1-18-13-3-6-15(7-4-13)24(21,22)20-14-5-8-16-12(11-14)9-10-19-17(16)23-2/h3-11,20H,2H3. The highest BCUT2D eigenvalue weighted by molar-refractivity contribution is 7.92. The predicted molar refractivity (Wildman–Crippen MR) is 91.8 cm³/mol. The minimum Gasteiger partial charge on any atom is -0.481 e. The van der Waals surface area contributed by atoms with Crippen LogP contribution in [0.25, 0.3) is 15.6 Å². The third-order valence-electron chi connectivity index (χ3n) is 3.45. The number of sulfonamides is 1. The van der Waals surface area contributed by atoms with Gasteiger partial charge in [-0.2, -0.15) is 0 Å². The number of aromatic nitrogens is 1. The van der Waals surface area contributed by atoms with Crippen molar-refractivity contribution in [3.63, 3.8) is 0 Å². The van der Waals surface area contributed by atoms with Gasteiger partial charge in [-0.25, -0.2) is 18.2 Å². The number of rotatable bonds is 4. The number of pyridine rings is 1. The fraction of sp³-hybridized carbons (Fsp3) is 0.0588. The van der Waals surface area contributed by atoms with E-state index in [0.29, 0.717) is 17.3 Å². The van der Waals surface area contributed by atoms with Crippen LogP contribution in [0.5, 0.6) is 5.88 Å². The number of nitrogens with zero attached hydrogens (tertiary/aromatic N) is 2. The van der Waals surface area contributed by atoms with E-state index >= 15 is 0 Å². The van der Waals surface area contributed by atoms with Crippen LogP contribution < -0.4 is 9.46 Å². The van der Waals surface area contributed by atoms with Crippen LogP contribution in [0.3, 0.4) is 0 Å². The number of nitrogens with one attached hydrogen (secondary N) is 1. The van der Waals surface area contributed by atoms with Gasteiger partial charge in [0.1, 0.15) is 0 Å². The van der Waals surface area contributed by atoms with Crippen molar-refractivity contribution < 1.29 is 13.2 Å². The van der Waals surface area contributed by atoms with Crippen molar-refractivity contribution in [1.82, 2.24) is 4.98 Å². The minimum absolute atomic E-state index is 0.0994. The molecule has 2 aromatic carbocycles. The van der Waals surface area contributed by atoms with E-state index in [1.807, 2.05) is 0 Å². The van der Waals surface area contributed by atoms with Crippen molar-refractivity contribution in [2.75, 3.05) is 11.8 Å². The van der Waals surface area contributed by atoms with Crippen molar-refractivity contribution in [3.05, 3.63) is 66.1 Å². The second-order valence-electron chi connectivity index (χ2n) is 4.97. The molecule has 7 heteroatoms. The van der Waals surface area contributed by atoms with Gasteiger partial charge in [-0.1, -0.05) is 24.3 Å². The minimum atomic E-state index is -3.72. The van der Waals surface area contributed by atoms with Crippen molar-refractivity contribution in [3.8, 4) is 5.88 Å². The van der Waals surface area contributed by atoms with E-state index in [1.165, 1.54) is 31.4 Å². The summed E-state index contributed by atoms with van der Waals surface area (Å²) in [4.78, 5) is 7.45. The molecule has 0 aliphatic carbocycles. The molecule has 0 radical (unpaired) electrons. The summed E-state index contributed by atoms with van der Waals surface area (Å²) < 4.78 is 32.6. The number of anilines is 1. The van der Waals surface area contributed by atoms with E-state index in [-0.39, 0.29) is 4.90 Å². The molecule has 0 amide bonds. The molecule has 0 aliphatic rings. The van der Waals surface area contributed by atoms with E-state index < -0.39 is 10.0 Å². The Morgan fingerprint density at radius 1 is 1.12 bits per heavy atom. The largest absolute Gasteiger partial charge is 0.481 e. The molecule has 120 valence electrons. The Morgan fingerprint density at radius 2 is 1.88 bits per heavy atom. The third kappa shape index (κ3) is 3.00. The van der Waals surface area contributed by atoms with Gasteiger partial charge in [0.2, 0.25) is 5.88 Å². The van der Waals surface area contributed by atoms with E-state index in [1.54, 1.807) is 30.5 Å². The molecule has 0 saturated carbocycles. The normalized spacial score (nSPS) is 11.0. The van der Waals surface area contributed by atoms with Gasteiger partial charge in [0.15, 0.2) is 5.69 Å². The molecule has 3 rings (SSSR count). The van der Waals surface area contributed by atoms with Gasteiger partial charge in [0.05, 0.1) is 18.6 Å². The highest BCUT2D eigenvalue weighted by Gasteiger charge is 2.14. The molecular formula is C17H13N3O3S. The number of hydrogen-bond acceptors (Lipinski definition) is 4. The average molecular weight is 339 g/mol. The number of benzene rings is 2. The maximum Gasteiger partial charge on any atom is 0.261 e. The highest BCUT2D eigenvalue weighted by Crippen LogP contribution is 2.27. The summed E-state index contributed by atoms with van der Waals surface area (Å²) in [5, 5.41) is 1.61. The molecule has 0 unspecified atom stereocenters. The summed E-state index contributed by atoms with van der Waals surface area (Å²) in [5.41, 5.74) is 0.823. The van der Waals surface area contributed by atoms with E-state index in [4.69, 9.17) is 11.3 Å². The number of methoxy groups -OCH3 is 1. The van der Waals surface area contributed by atoms with Crippen LogP contribution in [0.4, 0.5) is 11.4 Å². The topological polar surface area (TPSA) is 72.7 Å². The van der Waals surface area contributed by atoms with Crippen LogP contribution in [0.1, 0.15) is 0 Å².